The number of halogens is 3. The SMILES string of the molecule is O=C(C(=CNc1ccc(C(F)(F)F)cc1)c1ccccc1)c1ccccc1. The predicted octanol–water partition coefficient (Wildman–Crippen LogP) is 6.04. The molecule has 0 heterocycles. The van der Waals surface area contributed by atoms with Crippen LogP contribution < -0.4 is 5.32 Å². The topological polar surface area (TPSA) is 29.1 Å². The van der Waals surface area contributed by atoms with Crippen molar-refractivity contribution >= 4 is 17.0 Å². The molecule has 0 saturated heterocycles. The zero-order valence-corrected chi connectivity index (χ0v) is 14.2. The van der Waals surface area contributed by atoms with Crippen LogP contribution in [-0.4, -0.2) is 5.78 Å². The summed E-state index contributed by atoms with van der Waals surface area (Å²) in [5.41, 5.74) is 1.40. The van der Waals surface area contributed by atoms with Crippen LogP contribution >= 0.6 is 0 Å². The van der Waals surface area contributed by atoms with Crippen LogP contribution in [0.15, 0.2) is 91.1 Å². The lowest BCUT2D eigenvalue weighted by atomic mass is 9.97. The molecule has 1 N–H and O–H groups in total. The monoisotopic (exact) mass is 367 g/mol. The molecule has 3 aromatic rings. The van der Waals surface area contributed by atoms with Crippen LogP contribution in [0.5, 0.6) is 0 Å². The van der Waals surface area contributed by atoms with Crippen molar-refractivity contribution in [3.8, 4) is 0 Å². The highest BCUT2D eigenvalue weighted by Crippen LogP contribution is 2.30. The molecule has 0 amide bonds. The second-order valence-corrected chi connectivity index (χ2v) is 5.84. The molecule has 0 bridgehead atoms. The van der Waals surface area contributed by atoms with Gasteiger partial charge in [0.15, 0.2) is 5.78 Å². The molecule has 0 spiro atoms. The van der Waals surface area contributed by atoms with Gasteiger partial charge in [0.1, 0.15) is 0 Å². The first kappa shape index (κ1) is 18.5. The lowest BCUT2D eigenvalue weighted by Gasteiger charge is -2.10. The van der Waals surface area contributed by atoms with E-state index >= 15 is 0 Å². The fourth-order valence-corrected chi connectivity index (χ4v) is 2.55. The van der Waals surface area contributed by atoms with Gasteiger partial charge in [0.05, 0.1) is 5.56 Å². The standard InChI is InChI=1S/C22H16F3NO/c23-22(24,25)18-11-13-19(14-12-18)26-15-20(16-7-3-1-4-8-16)21(27)17-9-5-2-6-10-17/h1-15,26H. The number of hydrogen-bond acceptors (Lipinski definition) is 2. The third-order valence-electron chi connectivity index (χ3n) is 3.96. The maximum absolute atomic E-state index is 12.9. The molecule has 27 heavy (non-hydrogen) atoms. The molecule has 0 radical (unpaired) electrons. The summed E-state index contributed by atoms with van der Waals surface area (Å²) < 4.78 is 38.0. The second kappa shape index (κ2) is 7.91. The largest absolute Gasteiger partial charge is 0.416 e. The van der Waals surface area contributed by atoms with Crippen molar-refractivity contribution in [1.29, 1.82) is 0 Å². The van der Waals surface area contributed by atoms with Crippen molar-refractivity contribution in [3.63, 3.8) is 0 Å². The maximum atomic E-state index is 12.9. The highest BCUT2D eigenvalue weighted by atomic mass is 19.4. The van der Waals surface area contributed by atoms with Gasteiger partial charge in [0.2, 0.25) is 0 Å². The Labute approximate surface area is 155 Å². The molecule has 0 aliphatic rings. The Hall–Kier alpha value is -3.34. The van der Waals surface area contributed by atoms with Crippen LogP contribution in [0, 0.1) is 0 Å². The number of allylic oxidation sites excluding steroid dienone is 1. The van der Waals surface area contributed by atoms with Crippen molar-refractivity contribution in [1.82, 2.24) is 0 Å². The van der Waals surface area contributed by atoms with Gasteiger partial charge >= 0.3 is 6.18 Å². The first-order chi connectivity index (χ1) is 12.9. The molecule has 0 atom stereocenters. The number of benzene rings is 3. The van der Waals surface area contributed by atoms with Crippen molar-refractivity contribution in [2.75, 3.05) is 5.32 Å². The summed E-state index contributed by atoms with van der Waals surface area (Å²) in [6.07, 6.45) is -2.86. The predicted molar refractivity (Wildman–Crippen MR) is 100 cm³/mol. The first-order valence-electron chi connectivity index (χ1n) is 8.24. The van der Waals surface area contributed by atoms with Crippen molar-refractivity contribution in [2.24, 2.45) is 0 Å². The molecular weight excluding hydrogens is 351 g/mol. The number of carbonyl (C=O) groups is 1. The van der Waals surface area contributed by atoms with E-state index in [1.54, 1.807) is 36.4 Å². The number of nitrogens with one attached hydrogen (secondary N) is 1. The van der Waals surface area contributed by atoms with Crippen molar-refractivity contribution in [3.05, 3.63) is 108 Å². The molecule has 0 saturated carbocycles. The number of ketones is 1. The van der Waals surface area contributed by atoms with E-state index in [2.05, 4.69) is 5.32 Å². The van der Waals surface area contributed by atoms with Gasteiger partial charge in [0, 0.05) is 23.0 Å². The average Bonchev–Trinajstić information content (AvgIpc) is 2.69. The van der Waals surface area contributed by atoms with Gasteiger partial charge in [-0.2, -0.15) is 13.2 Å². The Kier molecular flexibility index (Phi) is 5.41. The summed E-state index contributed by atoms with van der Waals surface area (Å²) in [5, 5.41) is 2.92. The molecule has 0 unspecified atom stereocenters. The molecule has 0 aliphatic carbocycles. The smallest absolute Gasteiger partial charge is 0.361 e. The Morgan fingerprint density at radius 3 is 1.78 bits per heavy atom. The fraction of sp³-hybridized carbons (Fsp3) is 0.0455. The molecule has 0 aromatic heterocycles. The zero-order chi connectivity index (χ0) is 19.3. The third-order valence-corrected chi connectivity index (χ3v) is 3.96. The summed E-state index contributed by atoms with van der Waals surface area (Å²) in [7, 11) is 0. The summed E-state index contributed by atoms with van der Waals surface area (Å²) >= 11 is 0. The van der Waals surface area contributed by atoms with E-state index in [1.807, 2.05) is 24.3 Å². The van der Waals surface area contributed by atoms with Crippen LogP contribution in [-0.2, 0) is 6.18 Å². The number of carbonyl (C=O) groups excluding carboxylic acids is 1. The zero-order valence-electron chi connectivity index (χ0n) is 14.2. The lowest BCUT2D eigenvalue weighted by molar-refractivity contribution is -0.137. The van der Waals surface area contributed by atoms with Gasteiger partial charge in [-0.1, -0.05) is 60.7 Å². The molecule has 2 nitrogen and oxygen atoms in total. The Balaban J connectivity index is 1.90. The number of hydrogen-bond donors (Lipinski definition) is 1. The first-order valence-corrected chi connectivity index (χ1v) is 8.24. The van der Waals surface area contributed by atoms with Crippen molar-refractivity contribution in [2.45, 2.75) is 6.18 Å². The minimum Gasteiger partial charge on any atom is -0.361 e. The number of alkyl halides is 3. The summed E-state index contributed by atoms with van der Waals surface area (Å²) in [6, 6.07) is 22.6. The van der Waals surface area contributed by atoms with Gasteiger partial charge in [-0.15, -0.1) is 0 Å². The summed E-state index contributed by atoms with van der Waals surface area (Å²) in [4.78, 5) is 12.9. The minimum atomic E-state index is -4.38. The van der Waals surface area contributed by atoms with Crippen LogP contribution in [0.4, 0.5) is 18.9 Å². The summed E-state index contributed by atoms with van der Waals surface area (Å²) in [6.45, 7) is 0. The quantitative estimate of drug-likeness (QED) is 0.440. The van der Waals surface area contributed by atoms with Crippen molar-refractivity contribution < 1.29 is 18.0 Å². The average molecular weight is 367 g/mol. The van der Waals surface area contributed by atoms with Gasteiger partial charge in [-0.3, -0.25) is 4.79 Å². The Morgan fingerprint density at radius 1 is 0.741 bits per heavy atom. The number of rotatable bonds is 5. The molecular formula is C22H16F3NO. The van der Waals surface area contributed by atoms with E-state index in [-0.39, 0.29) is 5.78 Å². The van der Waals surface area contributed by atoms with Crippen LogP contribution in [0.2, 0.25) is 0 Å². The Morgan fingerprint density at radius 2 is 1.26 bits per heavy atom. The number of Topliss-reactive ketones (excluding diaryl/α,β-unsaturated/α-hetero) is 1. The molecule has 3 aromatic carbocycles. The van der Waals surface area contributed by atoms with Gasteiger partial charge < -0.3 is 5.32 Å². The fourth-order valence-electron chi connectivity index (χ4n) is 2.55. The normalized spacial score (nSPS) is 11.9. The van der Waals surface area contributed by atoms with E-state index in [0.29, 0.717) is 22.4 Å². The van der Waals surface area contributed by atoms with E-state index in [1.165, 1.54) is 18.3 Å². The van der Waals surface area contributed by atoms with Gasteiger partial charge in [-0.25, -0.2) is 0 Å². The maximum Gasteiger partial charge on any atom is 0.416 e. The van der Waals surface area contributed by atoms with E-state index in [9.17, 15) is 18.0 Å². The van der Waals surface area contributed by atoms with Gasteiger partial charge in [0.25, 0.3) is 0 Å². The van der Waals surface area contributed by atoms with E-state index in [0.717, 1.165) is 12.1 Å². The third kappa shape index (κ3) is 4.64. The summed E-state index contributed by atoms with van der Waals surface area (Å²) in [5.74, 6) is -0.179. The van der Waals surface area contributed by atoms with E-state index < -0.39 is 11.7 Å². The molecule has 3 rings (SSSR count). The lowest BCUT2D eigenvalue weighted by Crippen LogP contribution is -2.06. The highest BCUT2D eigenvalue weighted by Gasteiger charge is 2.29. The van der Waals surface area contributed by atoms with E-state index in [4.69, 9.17) is 0 Å². The Bertz CT molecular complexity index is 931. The van der Waals surface area contributed by atoms with Crippen LogP contribution in [0.25, 0.3) is 5.57 Å². The van der Waals surface area contributed by atoms with Crippen LogP contribution in [0.1, 0.15) is 21.5 Å². The van der Waals surface area contributed by atoms with Gasteiger partial charge in [-0.05, 0) is 29.8 Å². The van der Waals surface area contributed by atoms with Crippen LogP contribution in [0.3, 0.4) is 0 Å². The second-order valence-electron chi connectivity index (χ2n) is 5.84. The highest BCUT2D eigenvalue weighted by molar-refractivity contribution is 6.29. The number of anilines is 1. The molecule has 5 heteroatoms. The minimum absolute atomic E-state index is 0.179. The molecule has 0 aliphatic heterocycles. The molecule has 136 valence electrons. The molecule has 0 fully saturated rings.